The highest BCUT2D eigenvalue weighted by molar-refractivity contribution is 6.33. The van der Waals surface area contributed by atoms with Crippen LogP contribution in [-0.2, 0) is 7.05 Å². The Morgan fingerprint density at radius 3 is 2.40 bits per heavy atom. The fourth-order valence-electron chi connectivity index (χ4n) is 3.86. The number of fused-ring (bicyclic) bond motifs is 1. The predicted octanol–water partition coefficient (Wildman–Crippen LogP) is 4.40. The van der Waals surface area contributed by atoms with Crippen molar-refractivity contribution >= 4 is 51.8 Å². The number of hydrazine groups is 1. The molecule has 1 fully saturated rings. The zero-order chi connectivity index (χ0) is 21.7. The maximum absolute atomic E-state index is 13.2. The number of carbonyl (C=O) groups excluding carboxylic acids is 1. The number of nitrogens with zero attached hydrogens (tertiary/aromatic N) is 7. The first-order chi connectivity index (χ1) is 14.2. The molecule has 0 bridgehead atoms. The molecule has 10 heteroatoms. The van der Waals surface area contributed by atoms with Gasteiger partial charge in [-0.3, -0.25) is 14.6 Å². The van der Waals surface area contributed by atoms with E-state index in [1.807, 2.05) is 27.1 Å². The van der Waals surface area contributed by atoms with Gasteiger partial charge >= 0.3 is 6.03 Å². The summed E-state index contributed by atoms with van der Waals surface area (Å²) >= 11 is 12.0. The van der Waals surface area contributed by atoms with E-state index in [2.05, 4.69) is 23.9 Å². The molecule has 0 atom stereocenters. The lowest BCUT2D eigenvalue weighted by molar-refractivity contribution is 0.218. The van der Waals surface area contributed by atoms with Crippen LogP contribution >= 0.6 is 23.2 Å². The Morgan fingerprint density at radius 1 is 1.10 bits per heavy atom. The van der Waals surface area contributed by atoms with Crippen LogP contribution in [0.1, 0.15) is 31.0 Å². The van der Waals surface area contributed by atoms with E-state index in [9.17, 15) is 4.79 Å². The second kappa shape index (κ2) is 7.59. The minimum Gasteiger partial charge on any atom is -0.291 e. The summed E-state index contributed by atoms with van der Waals surface area (Å²) in [6.07, 6.45) is 0. The van der Waals surface area contributed by atoms with Crippen molar-refractivity contribution in [2.45, 2.75) is 26.7 Å². The van der Waals surface area contributed by atoms with Crippen molar-refractivity contribution in [1.29, 1.82) is 0 Å². The van der Waals surface area contributed by atoms with E-state index in [-0.39, 0.29) is 22.3 Å². The monoisotopic (exact) mass is 447 g/mol. The average Bonchev–Trinajstić information content (AvgIpc) is 3.19. The SMILES string of the molecule is Cc1nn(C)c2nc(N(C)N3CCN(c4cc(Cl)nc(Cl)c4)C3=O)cc(C(C)C)c12. The molecule has 0 saturated carbocycles. The van der Waals surface area contributed by atoms with Crippen LogP contribution in [0, 0.1) is 6.92 Å². The number of hydrogen-bond donors (Lipinski definition) is 0. The average molecular weight is 448 g/mol. The van der Waals surface area contributed by atoms with Gasteiger partial charge in [-0.25, -0.2) is 19.8 Å². The zero-order valence-electron chi connectivity index (χ0n) is 17.5. The minimum atomic E-state index is -0.176. The normalized spacial score (nSPS) is 14.5. The molecular weight excluding hydrogens is 425 g/mol. The lowest BCUT2D eigenvalue weighted by atomic mass is 10.00. The third-order valence-corrected chi connectivity index (χ3v) is 5.73. The van der Waals surface area contributed by atoms with Gasteiger partial charge in [-0.2, -0.15) is 5.10 Å². The van der Waals surface area contributed by atoms with E-state index in [1.165, 1.54) is 0 Å². The number of amides is 2. The number of halogens is 2. The highest BCUT2D eigenvalue weighted by Crippen LogP contribution is 2.32. The predicted molar refractivity (Wildman–Crippen MR) is 119 cm³/mol. The Labute approximate surface area is 185 Å². The lowest BCUT2D eigenvalue weighted by Crippen LogP contribution is -2.43. The Morgan fingerprint density at radius 2 is 1.77 bits per heavy atom. The molecule has 0 N–H and O–H groups in total. The number of pyridine rings is 2. The van der Waals surface area contributed by atoms with E-state index >= 15 is 0 Å². The maximum atomic E-state index is 13.2. The standard InChI is InChI=1S/C20H23Cl2N7O/c1-11(2)14-10-17(24-19-18(14)12(3)25-26(19)4)27(5)29-7-6-28(20(29)30)13-8-15(21)23-16(22)9-13/h8-11H,6-7H2,1-5H3. The van der Waals surface area contributed by atoms with Crippen LogP contribution in [0.5, 0.6) is 0 Å². The van der Waals surface area contributed by atoms with Crippen LogP contribution in [-0.4, -0.2) is 50.9 Å². The van der Waals surface area contributed by atoms with Gasteiger partial charge in [0.05, 0.1) is 17.9 Å². The summed E-state index contributed by atoms with van der Waals surface area (Å²) in [6.45, 7) is 7.29. The number of aromatic nitrogens is 4. The van der Waals surface area contributed by atoms with Crippen LogP contribution in [0.15, 0.2) is 18.2 Å². The first-order valence-corrected chi connectivity index (χ1v) is 10.4. The maximum Gasteiger partial charge on any atom is 0.343 e. The van der Waals surface area contributed by atoms with Crippen molar-refractivity contribution < 1.29 is 4.79 Å². The Hall–Kier alpha value is -2.58. The summed E-state index contributed by atoms with van der Waals surface area (Å²) in [7, 11) is 3.73. The van der Waals surface area contributed by atoms with Gasteiger partial charge in [0.25, 0.3) is 0 Å². The topological polar surface area (TPSA) is 70.4 Å². The number of urea groups is 1. The van der Waals surface area contributed by atoms with E-state index in [0.29, 0.717) is 24.6 Å². The van der Waals surface area contributed by atoms with Crippen LogP contribution < -0.4 is 9.91 Å². The number of hydrogen-bond acceptors (Lipinski definition) is 5. The molecule has 0 radical (unpaired) electrons. The summed E-state index contributed by atoms with van der Waals surface area (Å²) in [5, 5.41) is 9.54. The number of aryl methyl sites for hydroxylation is 2. The van der Waals surface area contributed by atoms with Gasteiger partial charge < -0.3 is 0 Å². The molecule has 3 aromatic heterocycles. The molecule has 4 heterocycles. The third kappa shape index (κ3) is 3.44. The molecular formula is C20H23Cl2N7O. The smallest absolute Gasteiger partial charge is 0.291 e. The third-order valence-electron chi connectivity index (χ3n) is 5.35. The number of anilines is 2. The van der Waals surface area contributed by atoms with Gasteiger partial charge in [-0.05, 0) is 36.6 Å². The van der Waals surface area contributed by atoms with Gasteiger partial charge in [-0.15, -0.1) is 0 Å². The summed E-state index contributed by atoms with van der Waals surface area (Å²) in [5.74, 6) is 0.979. The fourth-order valence-corrected chi connectivity index (χ4v) is 4.31. The quantitative estimate of drug-likeness (QED) is 0.554. The van der Waals surface area contributed by atoms with Gasteiger partial charge in [0.2, 0.25) is 0 Å². The Kier molecular flexibility index (Phi) is 5.23. The summed E-state index contributed by atoms with van der Waals surface area (Å²) in [5.41, 5.74) is 3.53. The second-order valence-corrected chi connectivity index (χ2v) is 8.46. The minimum absolute atomic E-state index is 0.176. The van der Waals surface area contributed by atoms with E-state index in [4.69, 9.17) is 28.2 Å². The van der Waals surface area contributed by atoms with Gasteiger partial charge in [-0.1, -0.05) is 37.0 Å². The zero-order valence-corrected chi connectivity index (χ0v) is 19.0. The molecule has 1 aliphatic heterocycles. The van der Waals surface area contributed by atoms with Gasteiger partial charge in [0.15, 0.2) is 5.65 Å². The second-order valence-electron chi connectivity index (χ2n) is 7.68. The fraction of sp³-hybridized carbons (Fsp3) is 0.400. The van der Waals surface area contributed by atoms with E-state index in [0.717, 1.165) is 22.3 Å². The van der Waals surface area contributed by atoms with E-state index < -0.39 is 0 Å². The molecule has 0 aromatic carbocycles. The molecule has 1 aliphatic rings. The van der Waals surface area contributed by atoms with Crippen molar-refractivity contribution in [1.82, 2.24) is 24.8 Å². The molecule has 0 aliphatic carbocycles. The Bertz CT molecular complexity index is 1120. The van der Waals surface area contributed by atoms with Crippen LogP contribution in [0.3, 0.4) is 0 Å². The van der Waals surface area contributed by atoms with Crippen LogP contribution in [0.2, 0.25) is 10.3 Å². The highest BCUT2D eigenvalue weighted by Gasteiger charge is 2.34. The number of rotatable bonds is 4. The first kappa shape index (κ1) is 20.7. The highest BCUT2D eigenvalue weighted by atomic mass is 35.5. The van der Waals surface area contributed by atoms with Crippen molar-refractivity contribution in [3.05, 3.63) is 39.8 Å². The van der Waals surface area contributed by atoms with Crippen LogP contribution in [0.4, 0.5) is 16.3 Å². The molecule has 4 rings (SSSR count). The molecule has 158 valence electrons. The van der Waals surface area contributed by atoms with Crippen molar-refractivity contribution in [2.24, 2.45) is 7.05 Å². The first-order valence-electron chi connectivity index (χ1n) is 9.67. The van der Waals surface area contributed by atoms with Crippen LogP contribution in [0.25, 0.3) is 11.0 Å². The largest absolute Gasteiger partial charge is 0.343 e. The molecule has 0 unspecified atom stereocenters. The summed E-state index contributed by atoms with van der Waals surface area (Å²) < 4.78 is 1.78. The Balaban J connectivity index is 1.69. The summed E-state index contributed by atoms with van der Waals surface area (Å²) in [6, 6.07) is 5.13. The molecule has 1 saturated heterocycles. The molecule has 8 nitrogen and oxygen atoms in total. The van der Waals surface area contributed by atoms with Crippen molar-refractivity contribution in [3.63, 3.8) is 0 Å². The van der Waals surface area contributed by atoms with E-state index in [1.54, 1.807) is 31.7 Å². The van der Waals surface area contributed by atoms with Crippen molar-refractivity contribution in [3.8, 4) is 0 Å². The lowest BCUT2D eigenvalue weighted by Gasteiger charge is -2.29. The molecule has 0 spiro atoms. The summed E-state index contributed by atoms with van der Waals surface area (Å²) in [4.78, 5) is 23.5. The molecule has 30 heavy (non-hydrogen) atoms. The molecule has 3 aromatic rings. The van der Waals surface area contributed by atoms with Gasteiger partial charge in [0.1, 0.15) is 16.1 Å². The van der Waals surface area contributed by atoms with Crippen molar-refractivity contribution in [2.75, 3.05) is 30.0 Å². The van der Waals surface area contributed by atoms with Gasteiger partial charge in [0, 0.05) is 26.0 Å². The molecule has 2 amide bonds. The number of carbonyl (C=O) groups is 1.